The maximum Gasteiger partial charge on any atom is 0.297 e. The normalized spacial score (nSPS) is 12.8. The maximum atomic E-state index is 13.9. The minimum atomic E-state index is -4.29. The highest BCUT2D eigenvalue weighted by Crippen LogP contribution is 2.21. The fraction of sp³-hybridized carbons (Fsp3) is 0.294. The Bertz CT molecular complexity index is 2030. The van der Waals surface area contributed by atoms with E-state index >= 15 is 0 Å². The number of rotatable bonds is 17. The summed E-state index contributed by atoms with van der Waals surface area (Å²) in [7, 11) is -17.1. The van der Waals surface area contributed by atoms with Crippen molar-refractivity contribution in [1.29, 1.82) is 0 Å². The van der Waals surface area contributed by atoms with E-state index in [2.05, 4.69) is 0 Å². The van der Waals surface area contributed by atoms with Crippen LogP contribution in [0, 0.1) is 27.7 Å². The first-order chi connectivity index (χ1) is 23.4. The highest BCUT2D eigenvalue weighted by Gasteiger charge is 2.30. The van der Waals surface area contributed by atoms with Gasteiger partial charge >= 0.3 is 0 Å². The lowest BCUT2D eigenvalue weighted by atomic mass is 10.2. The van der Waals surface area contributed by atoms with E-state index in [-0.39, 0.29) is 19.6 Å². The van der Waals surface area contributed by atoms with Crippen molar-refractivity contribution in [3.8, 4) is 0 Å². The van der Waals surface area contributed by atoms with E-state index in [1.807, 2.05) is 0 Å². The molecule has 0 atom stereocenters. The molecule has 50 heavy (non-hydrogen) atoms. The molecular formula is C34H40N2O10S4. The van der Waals surface area contributed by atoms with Gasteiger partial charge in [-0.25, -0.2) is 16.8 Å². The highest BCUT2D eigenvalue weighted by molar-refractivity contribution is 7.89. The molecule has 0 heterocycles. The van der Waals surface area contributed by atoms with E-state index in [9.17, 15) is 33.7 Å². The molecule has 0 N–H and O–H groups in total. The molecule has 4 aromatic carbocycles. The van der Waals surface area contributed by atoms with Crippen molar-refractivity contribution < 1.29 is 42.0 Å². The Hall–Kier alpha value is -3.48. The van der Waals surface area contributed by atoms with E-state index < -0.39 is 79.7 Å². The molecule has 0 saturated heterocycles. The first-order valence-corrected chi connectivity index (χ1v) is 21.2. The first kappa shape index (κ1) is 39.3. The minimum Gasteiger partial charge on any atom is -0.265 e. The monoisotopic (exact) mass is 764 g/mol. The third-order valence-electron chi connectivity index (χ3n) is 7.69. The maximum absolute atomic E-state index is 13.9. The van der Waals surface area contributed by atoms with Gasteiger partial charge in [-0.2, -0.15) is 25.4 Å². The number of benzene rings is 4. The molecule has 0 amide bonds. The Morgan fingerprint density at radius 3 is 0.880 bits per heavy atom. The van der Waals surface area contributed by atoms with Crippen molar-refractivity contribution in [3.63, 3.8) is 0 Å². The summed E-state index contributed by atoms with van der Waals surface area (Å²) in [6, 6.07) is 23.9. The van der Waals surface area contributed by atoms with Crippen LogP contribution in [0.25, 0.3) is 0 Å². The molecule has 16 heteroatoms. The van der Waals surface area contributed by atoms with Gasteiger partial charge in [0.05, 0.1) is 32.8 Å². The molecule has 0 aliphatic rings. The lowest BCUT2D eigenvalue weighted by molar-refractivity contribution is 0.249. The molecule has 4 aromatic rings. The topological polar surface area (TPSA) is 161 Å². The summed E-state index contributed by atoms with van der Waals surface area (Å²) >= 11 is 0. The Kier molecular flexibility index (Phi) is 12.8. The van der Waals surface area contributed by atoms with Crippen LogP contribution in [0.3, 0.4) is 0 Å². The van der Waals surface area contributed by atoms with Gasteiger partial charge in [-0.3, -0.25) is 8.37 Å². The van der Waals surface area contributed by atoms with Gasteiger partial charge in [-0.05, 0) is 76.2 Å². The fourth-order valence-corrected chi connectivity index (χ4v) is 9.32. The standard InChI is InChI=1S/C34H40N2O10S4/c1-27-5-13-31(14-6-27)47(37,38)35(23-25-45-49(41,42)33-17-9-29(3)10-18-33)21-22-36(48(39,40)32-15-7-28(2)8-16-32)24-26-46-50(43,44)34-19-11-30(4)12-20-34/h5-20H,21-26H2,1-4H3. The summed E-state index contributed by atoms with van der Waals surface area (Å²) in [5, 5.41) is 0. The van der Waals surface area contributed by atoms with Gasteiger partial charge in [0.2, 0.25) is 20.0 Å². The molecule has 0 bridgehead atoms. The molecule has 0 spiro atoms. The Morgan fingerprint density at radius 2 is 0.620 bits per heavy atom. The zero-order valence-electron chi connectivity index (χ0n) is 28.1. The summed E-state index contributed by atoms with van der Waals surface area (Å²) in [6.07, 6.45) is 0. The lowest BCUT2D eigenvalue weighted by Gasteiger charge is -2.27. The van der Waals surface area contributed by atoms with E-state index in [1.54, 1.807) is 76.2 Å². The van der Waals surface area contributed by atoms with Gasteiger partial charge in [-0.15, -0.1) is 0 Å². The van der Waals surface area contributed by atoms with Crippen LogP contribution in [-0.4, -0.2) is 81.7 Å². The lowest BCUT2D eigenvalue weighted by Crippen LogP contribution is -2.43. The zero-order chi connectivity index (χ0) is 36.7. The molecule has 270 valence electrons. The first-order valence-electron chi connectivity index (χ1n) is 15.5. The molecule has 0 aliphatic carbocycles. The van der Waals surface area contributed by atoms with Crippen LogP contribution in [0.15, 0.2) is 117 Å². The number of hydrogen-bond donors (Lipinski definition) is 0. The van der Waals surface area contributed by atoms with Crippen LogP contribution in [0.5, 0.6) is 0 Å². The van der Waals surface area contributed by atoms with Crippen LogP contribution < -0.4 is 0 Å². The SMILES string of the molecule is Cc1ccc(S(=O)(=O)OCCN(CCN(CCOS(=O)(=O)c2ccc(C)cc2)S(=O)(=O)c2ccc(C)cc2)S(=O)(=O)c2ccc(C)cc2)cc1. The summed E-state index contributed by atoms with van der Waals surface area (Å²) < 4.78 is 119. The Balaban J connectivity index is 1.60. The summed E-state index contributed by atoms with van der Waals surface area (Å²) in [6.45, 7) is 4.27. The average Bonchev–Trinajstić information content (AvgIpc) is 3.06. The van der Waals surface area contributed by atoms with Crippen molar-refractivity contribution in [3.05, 3.63) is 119 Å². The summed E-state index contributed by atoms with van der Waals surface area (Å²) in [5.74, 6) is 0. The molecule has 4 rings (SSSR count). The van der Waals surface area contributed by atoms with Crippen molar-refractivity contribution >= 4 is 40.3 Å². The van der Waals surface area contributed by atoms with Gasteiger partial charge in [0.1, 0.15) is 0 Å². The van der Waals surface area contributed by atoms with Crippen LogP contribution in [0.2, 0.25) is 0 Å². The average molecular weight is 765 g/mol. The van der Waals surface area contributed by atoms with Crippen molar-refractivity contribution in [2.75, 3.05) is 39.4 Å². The molecular weight excluding hydrogens is 725 g/mol. The van der Waals surface area contributed by atoms with Crippen molar-refractivity contribution in [1.82, 2.24) is 8.61 Å². The van der Waals surface area contributed by atoms with Gasteiger partial charge in [0.25, 0.3) is 20.2 Å². The largest absolute Gasteiger partial charge is 0.297 e. The van der Waals surface area contributed by atoms with Crippen LogP contribution >= 0.6 is 0 Å². The third-order valence-corrected chi connectivity index (χ3v) is 14.2. The molecule has 0 fully saturated rings. The molecule has 12 nitrogen and oxygen atoms in total. The van der Waals surface area contributed by atoms with E-state index in [1.165, 1.54) is 48.5 Å². The quantitative estimate of drug-likeness (QED) is 0.141. The minimum absolute atomic E-state index is 0.0926. The zero-order valence-corrected chi connectivity index (χ0v) is 31.4. The molecule has 0 radical (unpaired) electrons. The summed E-state index contributed by atoms with van der Waals surface area (Å²) in [5.41, 5.74) is 3.28. The van der Waals surface area contributed by atoms with E-state index in [0.29, 0.717) is 0 Å². The van der Waals surface area contributed by atoms with Crippen LogP contribution in [0.1, 0.15) is 22.3 Å². The van der Waals surface area contributed by atoms with Crippen LogP contribution in [-0.2, 0) is 48.6 Å². The van der Waals surface area contributed by atoms with Crippen LogP contribution in [0.4, 0.5) is 0 Å². The van der Waals surface area contributed by atoms with Gasteiger partial charge < -0.3 is 0 Å². The molecule has 0 aromatic heterocycles. The number of nitrogens with zero attached hydrogens (tertiary/aromatic N) is 2. The third kappa shape index (κ3) is 10.1. The van der Waals surface area contributed by atoms with E-state index in [4.69, 9.17) is 8.37 Å². The second-order valence-electron chi connectivity index (χ2n) is 11.6. The number of hydrogen-bond acceptors (Lipinski definition) is 10. The smallest absolute Gasteiger partial charge is 0.265 e. The van der Waals surface area contributed by atoms with Gasteiger partial charge in [0.15, 0.2) is 0 Å². The Morgan fingerprint density at radius 1 is 0.380 bits per heavy atom. The predicted octanol–water partition coefficient (Wildman–Crippen LogP) is 4.41. The predicted molar refractivity (Wildman–Crippen MR) is 189 cm³/mol. The second kappa shape index (κ2) is 16.2. The number of aryl methyl sites for hydroxylation is 4. The Labute approximate surface area is 295 Å². The second-order valence-corrected chi connectivity index (χ2v) is 18.7. The highest BCUT2D eigenvalue weighted by atomic mass is 32.2. The van der Waals surface area contributed by atoms with Crippen molar-refractivity contribution in [2.24, 2.45) is 0 Å². The fourth-order valence-electron chi connectivity index (χ4n) is 4.69. The van der Waals surface area contributed by atoms with Gasteiger partial charge in [0, 0.05) is 26.2 Å². The van der Waals surface area contributed by atoms with E-state index in [0.717, 1.165) is 30.9 Å². The van der Waals surface area contributed by atoms with Crippen molar-refractivity contribution in [2.45, 2.75) is 47.3 Å². The molecule has 0 aliphatic heterocycles. The summed E-state index contributed by atoms with van der Waals surface area (Å²) in [4.78, 5) is -0.395. The molecule has 0 saturated carbocycles. The number of sulfonamides is 2. The molecule has 0 unspecified atom stereocenters. The van der Waals surface area contributed by atoms with Gasteiger partial charge in [-0.1, -0.05) is 70.8 Å².